The predicted octanol–water partition coefficient (Wildman–Crippen LogP) is 3.63. The first-order valence-corrected chi connectivity index (χ1v) is 9.88. The summed E-state index contributed by atoms with van der Waals surface area (Å²) in [5.41, 5.74) is 2.50. The van der Waals surface area contributed by atoms with Gasteiger partial charge >= 0.3 is 0 Å². The number of pyridine rings is 1. The van der Waals surface area contributed by atoms with E-state index in [0.29, 0.717) is 24.4 Å². The molecule has 1 aromatic heterocycles. The highest BCUT2D eigenvalue weighted by molar-refractivity contribution is 6.01. The van der Waals surface area contributed by atoms with Gasteiger partial charge < -0.3 is 10.1 Å². The van der Waals surface area contributed by atoms with E-state index in [2.05, 4.69) is 31.1 Å². The summed E-state index contributed by atoms with van der Waals surface area (Å²) < 4.78 is 5.03. The molecule has 6 heteroatoms. The number of hydrogen-bond donors (Lipinski definition) is 1. The molecule has 0 bridgehead atoms. The molecule has 1 atom stereocenters. The van der Waals surface area contributed by atoms with Crippen molar-refractivity contribution in [2.45, 2.75) is 45.6 Å². The molecule has 0 aliphatic carbocycles. The van der Waals surface area contributed by atoms with Crippen LogP contribution in [-0.4, -0.2) is 37.1 Å². The Balaban J connectivity index is 2.48. The first-order valence-electron chi connectivity index (χ1n) is 9.88. The second-order valence-corrected chi connectivity index (χ2v) is 7.89. The molecule has 6 nitrogen and oxygen atoms in total. The molecule has 0 saturated carbocycles. The Labute approximate surface area is 173 Å². The van der Waals surface area contributed by atoms with Crippen LogP contribution in [0.2, 0.25) is 0 Å². The van der Waals surface area contributed by atoms with Crippen LogP contribution in [0.1, 0.15) is 51.3 Å². The van der Waals surface area contributed by atoms with E-state index in [1.54, 1.807) is 37.4 Å². The number of methoxy groups -OCH3 is 1. The molecule has 0 aliphatic rings. The van der Waals surface area contributed by atoms with Gasteiger partial charge in [0.15, 0.2) is 0 Å². The van der Waals surface area contributed by atoms with E-state index in [1.807, 2.05) is 30.3 Å². The number of hydrogen-bond acceptors (Lipinski definition) is 4. The average molecular weight is 398 g/mol. The maximum atomic E-state index is 13.1. The van der Waals surface area contributed by atoms with Crippen LogP contribution in [0.5, 0.6) is 0 Å². The summed E-state index contributed by atoms with van der Waals surface area (Å²) in [6.07, 6.45) is 3.55. The summed E-state index contributed by atoms with van der Waals surface area (Å²) in [6, 6.07) is 10.6. The van der Waals surface area contributed by atoms with E-state index < -0.39 is 6.04 Å². The molecule has 2 rings (SSSR count). The molecule has 1 heterocycles. The third-order valence-corrected chi connectivity index (χ3v) is 4.69. The maximum absolute atomic E-state index is 13.1. The van der Waals surface area contributed by atoms with Crippen molar-refractivity contribution in [2.75, 3.05) is 25.2 Å². The zero-order valence-electron chi connectivity index (χ0n) is 17.9. The normalized spacial score (nSPS) is 12.3. The number of nitrogens with zero attached hydrogens (tertiary/aromatic N) is 2. The highest BCUT2D eigenvalue weighted by Crippen LogP contribution is 2.31. The third-order valence-electron chi connectivity index (χ3n) is 4.69. The molecule has 0 fully saturated rings. The van der Waals surface area contributed by atoms with Crippen molar-refractivity contribution in [2.24, 2.45) is 0 Å². The second-order valence-electron chi connectivity index (χ2n) is 7.89. The van der Waals surface area contributed by atoms with Gasteiger partial charge in [0, 0.05) is 43.7 Å². The van der Waals surface area contributed by atoms with Crippen LogP contribution in [-0.2, 0) is 19.7 Å². The average Bonchev–Trinajstić information content (AvgIpc) is 2.71. The Kier molecular flexibility index (Phi) is 7.91. The highest BCUT2D eigenvalue weighted by atomic mass is 16.5. The number of nitrogens with one attached hydrogen (secondary N) is 1. The molecular weight excluding hydrogens is 366 g/mol. The van der Waals surface area contributed by atoms with E-state index in [0.717, 1.165) is 5.56 Å². The lowest BCUT2D eigenvalue weighted by Gasteiger charge is -2.31. The van der Waals surface area contributed by atoms with Crippen molar-refractivity contribution in [3.05, 3.63) is 59.9 Å². The number of anilines is 1. The van der Waals surface area contributed by atoms with Gasteiger partial charge in [0.2, 0.25) is 11.8 Å². The van der Waals surface area contributed by atoms with Gasteiger partial charge in [-0.05, 0) is 29.2 Å². The SMILES string of the molecule is CCC(=O)N(c1ccc(C(C)(C)C)cc1)[C@@H](C(=O)NCCOC)c1cccnc1. The van der Waals surface area contributed by atoms with E-state index in [-0.39, 0.29) is 23.7 Å². The summed E-state index contributed by atoms with van der Waals surface area (Å²) in [7, 11) is 1.58. The molecule has 1 N–H and O–H groups in total. The van der Waals surface area contributed by atoms with Gasteiger partial charge in [-0.2, -0.15) is 0 Å². The van der Waals surface area contributed by atoms with Crippen LogP contribution in [0.4, 0.5) is 5.69 Å². The minimum atomic E-state index is -0.812. The van der Waals surface area contributed by atoms with Crippen LogP contribution in [0.3, 0.4) is 0 Å². The number of ether oxygens (including phenoxy) is 1. The van der Waals surface area contributed by atoms with Crippen LogP contribution in [0, 0.1) is 0 Å². The second kappa shape index (κ2) is 10.2. The summed E-state index contributed by atoms with van der Waals surface area (Å²) in [6.45, 7) is 8.97. The smallest absolute Gasteiger partial charge is 0.247 e. The first kappa shape index (κ1) is 22.6. The number of carbonyl (C=O) groups is 2. The predicted molar refractivity (Wildman–Crippen MR) is 115 cm³/mol. The van der Waals surface area contributed by atoms with Crippen LogP contribution < -0.4 is 10.2 Å². The van der Waals surface area contributed by atoms with Crippen molar-refractivity contribution >= 4 is 17.5 Å². The fourth-order valence-corrected chi connectivity index (χ4v) is 3.06. The zero-order valence-corrected chi connectivity index (χ0v) is 17.9. The summed E-state index contributed by atoms with van der Waals surface area (Å²) in [4.78, 5) is 31.7. The topological polar surface area (TPSA) is 71.5 Å². The molecule has 2 amide bonds. The zero-order chi connectivity index (χ0) is 21.4. The van der Waals surface area contributed by atoms with Gasteiger partial charge in [0.05, 0.1) is 6.61 Å². The number of aromatic nitrogens is 1. The van der Waals surface area contributed by atoms with Gasteiger partial charge in [-0.25, -0.2) is 0 Å². The van der Waals surface area contributed by atoms with Gasteiger partial charge in [0.1, 0.15) is 6.04 Å². The quantitative estimate of drug-likeness (QED) is 0.691. The Bertz CT molecular complexity index is 798. The van der Waals surface area contributed by atoms with Crippen LogP contribution in [0.15, 0.2) is 48.8 Å². The van der Waals surface area contributed by atoms with Crippen LogP contribution in [0.25, 0.3) is 0 Å². The summed E-state index contributed by atoms with van der Waals surface area (Å²) in [5.74, 6) is -0.402. The lowest BCUT2D eigenvalue weighted by Crippen LogP contribution is -2.44. The molecule has 0 spiro atoms. The number of amides is 2. The van der Waals surface area contributed by atoms with Crippen LogP contribution >= 0.6 is 0 Å². The number of benzene rings is 1. The lowest BCUT2D eigenvalue weighted by atomic mass is 9.87. The molecule has 0 radical (unpaired) electrons. The van der Waals surface area contributed by atoms with Gasteiger partial charge in [-0.15, -0.1) is 0 Å². The Hall–Kier alpha value is -2.73. The summed E-state index contributed by atoms with van der Waals surface area (Å²) >= 11 is 0. The minimum absolute atomic E-state index is 0.00158. The molecule has 156 valence electrons. The van der Waals surface area contributed by atoms with E-state index in [4.69, 9.17) is 4.74 Å². The van der Waals surface area contributed by atoms with E-state index in [1.165, 1.54) is 0 Å². The summed E-state index contributed by atoms with van der Waals surface area (Å²) in [5, 5.41) is 2.86. The van der Waals surface area contributed by atoms with Crippen molar-refractivity contribution in [1.29, 1.82) is 0 Å². The fraction of sp³-hybridized carbons (Fsp3) is 0.435. The fourth-order valence-electron chi connectivity index (χ4n) is 3.06. The monoisotopic (exact) mass is 397 g/mol. The van der Waals surface area contributed by atoms with Crippen molar-refractivity contribution < 1.29 is 14.3 Å². The van der Waals surface area contributed by atoms with Gasteiger partial charge in [-0.1, -0.05) is 45.9 Å². The van der Waals surface area contributed by atoms with Crippen molar-refractivity contribution in [3.8, 4) is 0 Å². The van der Waals surface area contributed by atoms with Gasteiger partial charge in [0.25, 0.3) is 0 Å². The van der Waals surface area contributed by atoms with Crippen molar-refractivity contribution in [3.63, 3.8) is 0 Å². The van der Waals surface area contributed by atoms with E-state index in [9.17, 15) is 9.59 Å². The Morgan fingerprint density at radius 2 is 1.86 bits per heavy atom. The Morgan fingerprint density at radius 1 is 1.17 bits per heavy atom. The maximum Gasteiger partial charge on any atom is 0.247 e. The van der Waals surface area contributed by atoms with E-state index >= 15 is 0 Å². The molecule has 1 aromatic carbocycles. The largest absolute Gasteiger partial charge is 0.383 e. The lowest BCUT2D eigenvalue weighted by molar-refractivity contribution is -0.126. The number of rotatable bonds is 8. The molecular formula is C23H31N3O3. The first-order chi connectivity index (χ1) is 13.8. The molecule has 2 aromatic rings. The molecule has 0 aliphatic heterocycles. The van der Waals surface area contributed by atoms with Crippen molar-refractivity contribution in [1.82, 2.24) is 10.3 Å². The molecule has 29 heavy (non-hydrogen) atoms. The highest BCUT2D eigenvalue weighted by Gasteiger charge is 2.32. The third kappa shape index (κ3) is 5.87. The number of carbonyl (C=O) groups excluding carboxylic acids is 2. The Morgan fingerprint density at radius 3 is 2.38 bits per heavy atom. The standard InChI is InChI=1S/C23H31N3O3/c1-6-20(27)26(19-11-9-18(10-12-19)23(2,3)4)21(17-8-7-13-24-16-17)22(28)25-14-15-29-5/h7-13,16,21H,6,14-15H2,1-5H3,(H,25,28)/t21-/m1/s1. The minimum Gasteiger partial charge on any atom is -0.383 e. The molecule has 0 unspecified atom stereocenters. The van der Waals surface area contributed by atoms with Gasteiger partial charge in [-0.3, -0.25) is 19.5 Å². The molecule has 0 saturated heterocycles.